The van der Waals surface area contributed by atoms with E-state index in [1.54, 1.807) is 26.4 Å². The number of halogens is 1. The van der Waals surface area contributed by atoms with Gasteiger partial charge in [0.2, 0.25) is 0 Å². The average molecular weight is 293 g/mol. The Hall–Kier alpha value is -1.88. The molecule has 106 valence electrons. The molecule has 0 unspecified atom stereocenters. The molecule has 5 heteroatoms. The second-order valence-corrected chi connectivity index (χ2v) is 5.17. The summed E-state index contributed by atoms with van der Waals surface area (Å²) in [5, 5.41) is 0. The lowest BCUT2D eigenvalue weighted by Crippen LogP contribution is -1.93. The van der Waals surface area contributed by atoms with Gasteiger partial charge in [-0.25, -0.2) is 4.39 Å². The number of anilines is 1. The van der Waals surface area contributed by atoms with Crippen LogP contribution in [0.25, 0.3) is 0 Å². The Kier molecular flexibility index (Phi) is 4.74. The lowest BCUT2D eigenvalue weighted by Gasteiger charge is -2.10. The van der Waals surface area contributed by atoms with Gasteiger partial charge in [0.1, 0.15) is 17.3 Å². The van der Waals surface area contributed by atoms with Gasteiger partial charge in [-0.05, 0) is 36.4 Å². The van der Waals surface area contributed by atoms with Crippen LogP contribution in [-0.2, 0) is 5.75 Å². The molecule has 0 aliphatic carbocycles. The summed E-state index contributed by atoms with van der Waals surface area (Å²) < 4.78 is 24.2. The van der Waals surface area contributed by atoms with Crippen LogP contribution in [0.1, 0.15) is 5.56 Å². The lowest BCUT2D eigenvalue weighted by molar-refractivity contribution is 0.400. The van der Waals surface area contributed by atoms with Gasteiger partial charge < -0.3 is 15.2 Å². The minimum atomic E-state index is -0.308. The van der Waals surface area contributed by atoms with Crippen LogP contribution in [0.15, 0.2) is 41.3 Å². The first-order valence-corrected chi connectivity index (χ1v) is 7.01. The largest absolute Gasteiger partial charge is 0.497 e. The van der Waals surface area contributed by atoms with Crippen molar-refractivity contribution in [3.63, 3.8) is 0 Å². The van der Waals surface area contributed by atoms with Gasteiger partial charge in [-0.1, -0.05) is 0 Å². The van der Waals surface area contributed by atoms with Crippen LogP contribution in [0, 0.1) is 5.82 Å². The van der Waals surface area contributed by atoms with E-state index in [0.29, 0.717) is 16.3 Å². The summed E-state index contributed by atoms with van der Waals surface area (Å²) in [5.74, 6) is 1.78. The van der Waals surface area contributed by atoms with Gasteiger partial charge in [-0.15, -0.1) is 11.8 Å². The number of hydrogen-bond acceptors (Lipinski definition) is 4. The molecule has 2 rings (SSSR count). The normalized spacial score (nSPS) is 10.3. The zero-order valence-corrected chi connectivity index (χ0v) is 12.2. The number of methoxy groups -OCH3 is 2. The molecule has 0 amide bonds. The Morgan fingerprint density at radius 2 is 1.90 bits per heavy atom. The summed E-state index contributed by atoms with van der Waals surface area (Å²) in [6.07, 6.45) is 0. The number of nitrogen functional groups attached to an aromatic ring is 1. The fraction of sp³-hybridized carbons (Fsp3) is 0.200. The summed E-state index contributed by atoms with van der Waals surface area (Å²) in [6.45, 7) is 0. The SMILES string of the molecule is COc1ccc(OC)c(CSc2ccc(N)cc2F)c1. The van der Waals surface area contributed by atoms with Crippen molar-refractivity contribution in [2.45, 2.75) is 10.6 Å². The van der Waals surface area contributed by atoms with Crippen LogP contribution in [0.2, 0.25) is 0 Å². The first-order chi connectivity index (χ1) is 9.63. The first kappa shape index (κ1) is 14.5. The van der Waals surface area contributed by atoms with Gasteiger partial charge in [0.05, 0.1) is 14.2 Å². The fourth-order valence-electron chi connectivity index (χ4n) is 1.78. The standard InChI is InChI=1S/C15H16FNO2S/c1-18-12-4-5-14(19-2)10(7-12)9-20-15-6-3-11(17)8-13(15)16/h3-8H,9,17H2,1-2H3. The van der Waals surface area contributed by atoms with Crippen molar-refractivity contribution in [3.05, 3.63) is 47.8 Å². The third kappa shape index (κ3) is 3.36. The number of rotatable bonds is 5. The second-order valence-electron chi connectivity index (χ2n) is 4.16. The number of thioether (sulfide) groups is 1. The lowest BCUT2D eigenvalue weighted by atomic mass is 10.2. The fourth-order valence-corrected chi connectivity index (χ4v) is 2.68. The highest BCUT2D eigenvalue weighted by Crippen LogP contribution is 2.32. The van der Waals surface area contributed by atoms with Crippen molar-refractivity contribution in [1.29, 1.82) is 0 Å². The zero-order valence-electron chi connectivity index (χ0n) is 11.4. The Morgan fingerprint density at radius 3 is 2.55 bits per heavy atom. The van der Waals surface area contributed by atoms with E-state index < -0.39 is 0 Å². The third-order valence-electron chi connectivity index (χ3n) is 2.83. The molecule has 3 nitrogen and oxygen atoms in total. The summed E-state index contributed by atoms with van der Waals surface area (Å²) in [7, 11) is 3.22. The van der Waals surface area contributed by atoms with Gasteiger partial charge in [0.15, 0.2) is 0 Å². The monoisotopic (exact) mass is 293 g/mol. The van der Waals surface area contributed by atoms with E-state index in [-0.39, 0.29) is 5.82 Å². The van der Waals surface area contributed by atoms with Gasteiger partial charge in [-0.2, -0.15) is 0 Å². The van der Waals surface area contributed by atoms with Crippen LogP contribution in [0.4, 0.5) is 10.1 Å². The van der Waals surface area contributed by atoms with Gasteiger partial charge in [0, 0.05) is 21.9 Å². The van der Waals surface area contributed by atoms with Gasteiger partial charge in [0.25, 0.3) is 0 Å². The van der Waals surface area contributed by atoms with Crippen LogP contribution >= 0.6 is 11.8 Å². The highest BCUT2D eigenvalue weighted by molar-refractivity contribution is 7.98. The Bertz CT molecular complexity index is 604. The Labute approximate surface area is 121 Å². The van der Waals surface area contributed by atoms with Crippen molar-refractivity contribution in [1.82, 2.24) is 0 Å². The molecule has 0 saturated heterocycles. The Morgan fingerprint density at radius 1 is 1.10 bits per heavy atom. The maximum Gasteiger partial charge on any atom is 0.138 e. The topological polar surface area (TPSA) is 44.5 Å². The summed E-state index contributed by atoms with van der Waals surface area (Å²) in [6, 6.07) is 10.3. The molecule has 20 heavy (non-hydrogen) atoms. The van der Waals surface area contributed by atoms with E-state index in [9.17, 15) is 4.39 Å². The average Bonchev–Trinajstić information content (AvgIpc) is 2.46. The number of hydrogen-bond donors (Lipinski definition) is 1. The molecular weight excluding hydrogens is 277 g/mol. The van der Waals surface area contributed by atoms with Crippen molar-refractivity contribution in [2.75, 3.05) is 20.0 Å². The first-order valence-electron chi connectivity index (χ1n) is 6.02. The zero-order chi connectivity index (χ0) is 14.5. The quantitative estimate of drug-likeness (QED) is 0.674. The highest BCUT2D eigenvalue weighted by atomic mass is 32.2. The van der Waals surface area contributed by atoms with E-state index in [2.05, 4.69) is 0 Å². The summed E-state index contributed by atoms with van der Waals surface area (Å²) in [5.41, 5.74) is 6.91. The van der Waals surface area contributed by atoms with Crippen molar-refractivity contribution < 1.29 is 13.9 Å². The van der Waals surface area contributed by atoms with Gasteiger partial charge in [-0.3, -0.25) is 0 Å². The predicted molar refractivity (Wildman–Crippen MR) is 79.9 cm³/mol. The summed E-state index contributed by atoms with van der Waals surface area (Å²) in [4.78, 5) is 0.559. The molecule has 2 N–H and O–H groups in total. The van der Waals surface area contributed by atoms with E-state index in [4.69, 9.17) is 15.2 Å². The van der Waals surface area contributed by atoms with Crippen molar-refractivity contribution in [2.24, 2.45) is 0 Å². The number of ether oxygens (including phenoxy) is 2. The van der Waals surface area contributed by atoms with Crippen molar-refractivity contribution >= 4 is 17.4 Å². The molecule has 2 aromatic rings. The minimum Gasteiger partial charge on any atom is -0.497 e. The van der Waals surface area contributed by atoms with Crippen LogP contribution < -0.4 is 15.2 Å². The number of nitrogens with two attached hydrogens (primary N) is 1. The van der Waals surface area contributed by atoms with Crippen LogP contribution in [-0.4, -0.2) is 14.2 Å². The molecule has 2 aromatic carbocycles. The smallest absolute Gasteiger partial charge is 0.138 e. The molecule has 0 saturated carbocycles. The molecule has 0 heterocycles. The third-order valence-corrected chi connectivity index (χ3v) is 3.92. The predicted octanol–water partition coefficient (Wildman–Crippen LogP) is 3.72. The van der Waals surface area contributed by atoms with E-state index in [0.717, 1.165) is 17.1 Å². The molecule has 0 aromatic heterocycles. The van der Waals surface area contributed by atoms with Crippen LogP contribution in [0.5, 0.6) is 11.5 Å². The molecule has 0 spiro atoms. The molecule has 0 bridgehead atoms. The molecule has 0 radical (unpaired) electrons. The summed E-state index contributed by atoms with van der Waals surface area (Å²) >= 11 is 1.39. The molecule has 0 aliphatic rings. The maximum atomic E-state index is 13.7. The Balaban J connectivity index is 2.17. The van der Waals surface area contributed by atoms with Crippen molar-refractivity contribution in [3.8, 4) is 11.5 Å². The van der Waals surface area contributed by atoms with Gasteiger partial charge >= 0.3 is 0 Å². The maximum absolute atomic E-state index is 13.7. The molecule has 0 atom stereocenters. The number of benzene rings is 2. The highest BCUT2D eigenvalue weighted by Gasteiger charge is 2.08. The van der Waals surface area contributed by atoms with E-state index in [1.165, 1.54) is 17.8 Å². The van der Waals surface area contributed by atoms with E-state index in [1.807, 2.05) is 18.2 Å². The van der Waals surface area contributed by atoms with E-state index >= 15 is 0 Å². The molecule has 0 aliphatic heterocycles. The molecular formula is C15H16FNO2S. The van der Waals surface area contributed by atoms with Crippen LogP contribution in [0.3, 0.4) is 0 Å². The second kappa shape index (κ2) is 6.52. The molecule has 0 fully saturated rings. The minimum absolute atomic E-state index is 0.308.